The maximum Gasteiger partial charge on any atom is 0.0552 e. The number of hydrogen-bond donors (Lipinski definition) is 0. The predicted molar refractivity (Wildman–Crippen MR) is 185 cm³/mol. The highest BCUT2D eigenvalue weighted by Crippen LogP contribution is 2.46. The second-order valence-electron chi connectivity index (χ2n) is 13.4. The van der Waals surface area contributed by atoms with E-state index in [-0.39, 0.29) is 0 Å². The number of fused-ring (bicyclic) bond motifs is 6. The molecule has 7 aliphatic rings. The van der Waals surface area contributed by atoms with Gasteiger partial charge in [0.25, 0.3) is 0 Å². The third-order valence-corrected chi connectivity index (χ3v) is 11.0. The van der Waals surface area contributed by atoms with Gasteiger partial charge in [0.1, 0.15) is 0 Å². The van der Waals surface area contributed by atoms with E-state index in [4.69, 9.17) is 0 Å². The maximum absolute atomic E-state index is 2.68. The Labute approximate surface area is 261 Å². The molecule has 1 aliphatic heterocycles. The Morgan fingerprint density at radius 3 is 2.39 bits per heavy atom. The van der Waals surface area contributed by atoms with Crippen LogP contribution in [-0.4, -0.2) is 16.7 Å². The molecule has 1 aromatic heterocycles. The normalized spacial score (nSPS) is 30.6. The van der Waals surface area contributed by atoms with Crippen LogP contribution in [0.4, 0.5) is 5.69 Å². The lowest BCUT2D eigenvalue weighted by atomic mass is 9.78. The fourth-order valence-electron chi connectivity index (χ4n) is 8.84. The molecule has 2 aromatic rings. The molecule has 218 valence electrons. The number of aromatic nitrogens is 1. The zero-order valence-corrected chi connectivity index (χ0v) is 25.3. The van der Waals surface area contributed by atoms with E-state index in [1.165, 1.54) is 44.3 Å². The van der Waals surface area contributed by atoms with E-state index < -0.39 is 0 Å². The molecule has 9 rings (SSSR count). The van der Waals surface area contributed by atoms with Crippen molar-refractivity contribution in [3.8, 4) is 0 Å². The fraction of sp³-hybridized carbons (Fsp3) is 0.286. The van der Waals surface area contributed by atoms with Crippen LogP contribution in [0, 0.1) is 17.8 Å². The fourth-order valence-corrected chi connectivity index (χ4v) is 8.84. The summed E-state index contributed by atoms with van der Waals surface area (Å²) in [4.78, 5) is 2.68. The molecule has 6 atom stereocenters. The molecule has 0 bridgehead atoms. The number of nitrogens with zero attached hydrogens (tertiary/aromatic N) is 2. The van der Waals surface area contributed by atoms with Crippen LogP contribution in [0.2, 0.25) is 0 Å². The monoisotopic (exact) mass is 572 g/mol. The minimum atomic E-state index is 0.371. The Morgan fingerprint density at radius 1 is 0.659 bits per heavy atom. The molecule has 0 saturated carbocycles. The van der Waals surface area contributed by atoms with Gasteiger partial charge >= 0.3 is 0 Å². The summed E-state index contributed by atoms with van der Waals surface area (Å²) in [6.07, 6.45) is 49.4. The SMILES string of the molecule is C1=CCCC(n2c3c(c4c2=CCC(C2=CC5C6C=CC=CC6N(c6ccc(C7C=CC=CC7)cc6)C5C=C2)C=4)C=CCC3)=C1. The first-order chi connectivity index (χ1) is 21.8. The second kappa shape index (κ2) is 10.7. The molecule has 0 amide bonds. The predicted octanol–water partition coefficient (Wildman–Crippen LogP) is 7.93. The molecule has 0 radical (unpaired) electrons. The Balaban J connectivity index is 1.05. The van der Waals surface area contributed by atoms with Gasteiger partial charge in [-0.25, -0.2) is 0 Å². The molecular weight excluding hydrogens is 532 g/mol. The first-order valence-corrected chi connectivity index (χ1v) is 16.8. The van der Waals surface area contributed by atoms with Crippen LogP contribution in [0.25, 0.3) is 23.9 Å². The van der Waals surface area contributed by atoms with Crippen LogP contribution in [0.15, 0.2) is 121 Å². The van der Waals surface area contributed by atoms with Crippen molar-refractivity contribution in [1.29, 1.82) is 0 Å². The van der Waals surface area contributed by atoms with Gasteiger partial charge in [-0.15, -0.1) is 0 Å². The smallest absolute Gasteiger partial charge is 0.0552 e. The highest BCUT2D eigenvalue weighted by atomic mass is 15.2. The molecular formula is C42H40N2. The maximum atomic E-state index is 2.68. The molecule has 0 spiro atoms. The van der Waals surface area contributed by atoms with Crippen molar-refractivity contribution in [2.24, 2.45) is 17.8 Å². The quantitative estimate of drug-likeness (QED) is 0.361. The van der Waals surface area contributed by atoms with E-state index in [0.717, 1.165) is 38.5 Å². The summed E-state index contributed by atoms with van der Waals surface area (Å²) in [6.45, 7) is 0. The van der Waals surface area contributed by atoms with Gasteiger partial charge in [0.15, 0.2) is 0 Å². The first-order valence-electron chi connectivity index (χ1n) is 16.8. The van der Waals surface area contributed by atoms with Crippen molar-refractivity contribution in [2.75, 3.05) is 4.90 Å². The molecule has 1 fully saturated rings. The molecule has 6 aliphatic carbocycles. The van der Waals surface area contributed by atoms with E-state index in [1.807, 2.05) is 0 Å². The third-order valence-electron chi connectivity index (χ3n) is 11.0. The minimum Gasteiger partial charge on any atom is -0.357 e. The summed E-state index contributed by atoms with van der Waals surface area (Å²) >= 11 is 0. The molecule has 44 heavy (non-hydrogen) atoms. The highest BCUT2D eigenvalue weighted by molar-refractivity contribution is 5.67. The summed E-state index contributed by atoms with van der Waals surface area (Å²) in [5.74, 6) is 1.87. The largest absolute Gasteiger partial charge is 0.357 e. The van der Waals surface area contributed by atoms with Crippen LogP contribution in [-0.2, 0) is 6.42 Å². The Hall–Kier alpha value is -4.30. The average molecular weight is 573 g/mol. The molecule has 1 aromatic carbocycles. The molecule has 0 N–H and O–H groups in total. The summed E-state index contributed by atoms with van der Waals surface area (Å²) in [5.41, 5.74) is 8.66. The van der Waals surface area contributed by atoms with Gasteiger partial charge < -0.3 is 9.47 Å². The Bertz CT molecular complexity index is 1890. The lowest BCUT2D eigenvalue weighted by Gasteiger charge is -2.33. The van der Waals surface area contributed by atoms with E-state index in [9.17, 15) is 0 Å². The minimum absolute atomic E-state index is 0.371. The highest BCUT2D eigenvalue weighted by Gasteiger charge is 2.46. The number of benzene rings is 1. The Morgan fingerprint density at radius 2 is 1.52 bits per heavy atom. The van der Waals surface area contributed by atoms with E-state index in [1.54, 1.807) is 0 Å². The molecule has 2 heterocycles. The summed E-state index contributed by atoms with van der Waals surface area (Å²) in [5, 5.41) is 2.88. The summed E-state index contributed by atoms with van der Waals surface area (Å²) in [6, 6.07) is 10.2. The van der Waals surface area contributed by atoms with Crippen LogP contribution in [0.1, 0.15) is 54.8 Å². The third kappa shape index (κ3) is 4.22. The standard InChI is InChI=1S/C42H40N2/c1-3-11-29(12-4-1)30-19-23-34(24-20-30)44-40-18-10-8-16-36(40)38-28-32(22-26-42(38)44)31-21-25-41-37(27-31)35-15-7-9-17-39(35)43(41)33-13-5-2-6-14-33/h1-5,7-8,10-11,13,15-16,18-20,22-29,31,36,38,40,42H,6,9,12,14,17,21H2. The van der Waals surface area contributed by atoms with Gasteiger partial charge in [-0.2, -0.15) is 0 Å². The van der Waals surface area contributed by atoms with Gasteiger partial charge in [-0.05, 0) is 67.9 Å². The van der Waals surface area contributed by atoms with Crippen LogP contribution < -0.4 is 15.5 Å². The van der Waals surface area contributed by atoms with Crippen molar-refractivity contribution < 1.29 is 0 Å². The van der Waals surface area contributed by atoms with Gasteiger partial charge in [0, 0.05) is 56.9 Å². The van der Waals surface area contributed by atoms with Crippen molar-refractivity contribution in [3.63, 3.8) is 0 Å². The van der Waals surface area contributed by atoms with Gasteiger partial charge in [-0.1, -0.05) is 115 Å². The zero-order valence-electron chi connectivity index (χ0n) is 25.3. The lowest BCUT2D eigenvalue weighted by Crippen LogP contribution is -2.37. The molecule has 6 unspecified atom stereocenters. The van der Waals surface area contributed by atoms with Crippen LogP contribution in [0.5, 0.6) is 0 Å². The van der Waals surface area contributed by atoms with Gasteiger partial charge in [0.2, 0.25) is 0 Å². The Kier molecular flexibility index (Phi) is 6.35. The zero-order chi connectivity index (χ0) is 29.0. The average Bonchev–Trinajstić information content (AvgIpc) is 3.61. The first kappa shape index (κ1) is 26.1. The molecule has 2 nitrogen and oxygen atoms in total. The number of rotatable bonds is 4. The van der Waals surface area contributed by atoms with Crippen molar-refractivity contribution in [1.82, 2.24) is 4.57 Å². The van der Waals surface area contributed by atoms with Gasteiger partial charge in [0.05, 0.1) is 12.1 Å². The van der Waals surface area contributed by atoms with E-state index in [0.29, 0.717) is 35.8 Å². The van der Waals surface area contributed by atoms with Crippen LogP contribution >= 0.6 is 0 Å². The van der Waals surface area contributed by atoms with Crippen molar-refractivity contribution in [3.05, 3.63) is 148 Å². The van der Waals surface area contributed by atoms with Crippen molar-refractivity contribution >= 4 is 29.6 Å². The van der Waals surface area contributed by atoms with E-state index >= 15 is 0 Å². The van der Waals surface area contributed by atoms with E-state index in [2.05, 4.69) is 143 Å². The number of hydrogen-bond acceptors (Lipinski definition) is 1. The lowest BCUT2D eigenvalue weighted by molar-refractivity contribution is 0.520. The molecule has 2 heteroatoms. The van der Waals surface area contributed by atoms with Crippen LogP contribution in [0.3, 0.4) is 0 Å². The molecule has 1 saturated heterocycles. The number of anilines is 1. The second-order valence-corrected chi connectivity index (χ2v) is 13.4. The summed E-state index contributed by atoms with van der Waals surface area (Å²) < 4.78 is 2.61. The summed E-state index contributed by atoms with van der Waals surface area (Å²) in [7, 11) is 0. The topological polar surface area (TPSA) is 8.17 Å². The number of allylic oxidation sites excluding steroid dienone is 13. The van der Waals surface area contributed by atoms with Gasteiger partial charge in [-0.3, -0.25) is 0 Å². The van der Waals surface area contributed by atoms with Crippen molar-refractivity contribution in [2.45, 2.75) is 56.5 Å².